The van der Waals surface area contributed by atoms with E-state index in [1.807, 2.05) is 6.07 Å². The van der Waals surface area contributed by atoms with E-state index in [4.69, 9.17) is 4.42 Å². The first-order chi connectivity index (χ1) is 13.3. The third kappa shape index (κ3) is 2.40. The molecule has 0 amide bonds. The largest absolute Gasteiger partial charge is 0.462 e. The quantitative estimate of drug-likeness (QED) is 0.327. The van der Waals surface area contributed by atoms with Gasteiger partial charge in [-0.25, -0.2) is 0 Å². The molecule has 0 saturated carbocycles. The van der Waals surface area contributed by atoms with Crippen molar-refractivity contribution in [2.24, 2.45) is 0 Å². The van der Waals surface area contributed by atoms with E-state index in [9.17, 15) is 0 Å². The van der Waals surface area contributed by atoms with Crippen LogP contribution < -0.4 is 21.4 Å². The first-order valence-corrected chi connectivity index (χ1v) is 8.85. The van der Waals surface area contributed by atoms with Crippen molar-refractivity contribution >= 4 is 35.3 Å². The Hall–Kier alpha value is -3.86. The van der Waals surface area contributed by atoms with Gasteiger partial charge < -0.3 is 24.4 Å². The van der Waals surface area contributed by atoms with Crippen molar-refractivity contribution in [3.63, 3.8) is 0 Å². The summed E-state index contributed by atoms with van der Waals surface area (Å²) in [5.74, 6) is 0. The highest BCUT2D eigenvalue weighted by molar-refractivity contribution is 5.81. The van der Waals surface area contributed by atoms with Gasteiger partial charge in [0.05, 0.1) is 17.0 Å². The van der Waals surface area contributed by atoms with Gasteiger partial charge in [0, 0.05) is 38.9 Å². The lowest BCUT2D eigenvalue weighted by Gasteiger charge is -1.89. The predicted octanol–water partition coefficient (Wildman–Crippen LogP) is 1.37. The van der Waals surface area contributed by atoms with E-state index in [1.165, 1.54) is 0 Å². The molecule has 1 aliphatic rings. The van der Waals surface area contributed by atoms with E-state index in [1.54, 1.807) is 6.26 Å². The summed E-state index contributed by atoms with van der Waals surface area (Å²) in [6.45, 7) is 0. The van der Waals surface area contributed by atoms with Gasteiger partial charge in [-0.3, -0.25) is 0 Å². The molecule has 0 radical (unpaired) electrons. The summed E-state index contributed by atoms with van der Waals surface area (Å²) < 4.78 is 5.72. The van der Waals surface area contributed by atoms with Crippen molar-refractivity contribution in [1.82, 2.24) is 19.9 Å². The molecular weight excluding hydrogens is 336 g/mol. The minimum Gasteiger partial charge on any atom is -0.462 e. The Labute approximate surface area is 153 Å². The molecule has 0 aromatic carbocycles. The fourth-order valence-electron chi connectivity index (χ4n) is 3.65. The lowest BCUT2D eigenvalue weighted by molar-refractivity contribution is 0.612. The summed E-state index contributed by atoms with van der Waals surface area (Å²) in [5.41, 5.74) is 4.99. The summed E-state index contributed by atoms with van der Waals surface area (Å²) in [7, 11) is 0. The van der Waals surface area contributed by atoms with Crippen LogP contribution in [0.1, 0.15) is 22.8 Å². The smallest absolute Gasteiger partial charge is 0.159 e. The van der Waals surface area contributed by atoms with Crippen molar-refractivity contribution in [2.75, 3.05) is 0 Å². The Bertz CT molecular complexity index is 1420. The van der Waals surface area contributed by atoms with Crippen molar-refractivity contribution in [3.8, 4) is 0 Å². The standard InChI is InChI=1S/C22H16N4O/c1-2-14-10-16-4-6-18(25-16)12-21-22-19(7-8-27-22)20(26-21)11-17-5-3-15(24-17)9-13(1)23-14/h1-12,23-26H. The SMILES string of the molecule is C1=c2ccc([nH]2)=Cc2ccc([nH]2)C=c2[nH]c(c3ccoc23)=Cc2ccc1[nH]2. The number of rotatable bonds is 0. The Morgan fingerprint density at radius 2 is 1.11 bits per heavy atom. The maximum Gasteiger partial charge on any atom is 0.159 e. The second-order valence-electron chi connectivity index (χ2n) is 6.80. The van der Waals surface area contributed by atoms with Crippen LogP contribution in [0.5, 0.6) is 0 Å². The van der Waals surface area contributed by atoms with Gasteiger partial charge in [-0.05, 0) is 66.8 Å². The van der Waals surface area contributed by atoms with Crippen LogP contribution in [0.25, 0.3) is 35.3 Å². The maximum atomic E-state index is 5.72. The number of aromatic nitrogens is 4. The van der Waals surface area contributed by atoms with Crippen LogP contribution in [0.4, 0.5) is 0 Å². The van der Waals surface area contributed by atoms with Gasteiger partial charge in [0.1, 0.15) is 0 Å². The average Bonchev–Trinajstić information content (AvgIpc) is 3.42. The zero-order valence-corrected chi connectivity index (χ0v) is 14.3. The average molecular weight is 352 g/mol. The predicted molar refractivity (Wildman–Crippen MR) is 106 cm³/mol. The van der Waals surface area contributed by atoms with Crippen molar-refractivity contribution in [1.29, 1.82) is 0 Å². The molecule has 0 unspecified atom stereocenters. The van der Waals surface area contributed by atoms with Gasteiger partial charge >= 0.3 is 0 Å². The van der Waals surface area contributed by atoms with Crippen LogP contribution in [0, 0.1) is 0 Å². The number of fused-ring (bicyclic) bond motifs is 11. The number of hydrogen-bond acceptors (Lipinski definition) is 1. The molecule has 6 heterocycles. The van der Waals surface area contributed by atoms with E-state index >= 15 is 0 Å². The van der Waals surface area contributed by atoms with Crippen molar-refractivity contribution in [3.05, 3.63) is 92.9 Å². The molecule has 27 heavy (non-hydrogen) atoms. The van der Waals surface area contributed by atoms with Crippen LogP contribution >= 0.6 is 0 Å². The molecule has 8 bridgehead atoms. The van der Waals surface area contributed by atoms with E-state index in [0.29, 0.717) is 0 Å². The minimum atomic E-state index is 0.859. The molecule has 5 nitrogen and oxygen atoms in total. The van der Waals surface area contributed by atoms with Gasteiger partial charge in [-0.2, -0.15) is 0 Å². The van der Waals surface area contributed by atoms with Crippen LogP contribution in [-0.4, -0.2) is 19.9 Å². The Morgan fingerprint density at radius 3 is 1.78 bits per heavy atom. The van der Waals surface area contributed by atoms with Crippen LogP contribution in [0.15, 0.2) is 53.1 Å². The van der Waals surface area contributed by atoms with Crippen LogP contribution in [-0.2, 0) is 0 Å². The normalized spacial score (nSPS) is 12.9. The van der Waals surface area contributed by atoms with Gasteiger partial charge in [0.15, 0.2) is 5.58 Å². The third-order valence-electron chi connectivity index (χ3n) is 4.88. The Balaban J connectivity index is 1.71. The highest BCUT2D eigenvalue weighted by Gasteiger charge is 2.05. The first-order valence-electron chi connectivity index (χ1n) is 8.85. The summed E-state index contributed by atoms with van der Waals surface area (Å²) in [4.78, 5) is 13.8. The summed E-state index contributed by atoms with van der Waals surface area (Å²) in [6, 6.07) is 14.4. The molecule has 1 aliphatic heterocycles. The van der Waals surface area contributed by atoms with Gasteiger partial charge in [0.2, 0.25) is 0 Å². The summed E-state index contributed by atoms with van der Waals surface area (Å²) in [5, 5.41) is 5.14. The number of furan rings is 1. The number of hydrogen-bond donors (Lipinski definition) is 4. The van der Waals surface area contributed by atoms with Crippen LogP contribution in [0.2, 0.25) is 0 Å². The van der Waals surface area contributed by atoms with E-state index < -0.39 is 0 Å². The molecule has 0 atom stereocenters. The van der Waals surface area contributed by atoms with Crippen molar-refractivity contribution in [2.45, 2.75) is 0 Å². The fourth-order valence-corrected chi connectivity index (χ4v) is 3.65. The van der Waals surface area contributed by atoms with E-state index in [0.717, 1.165) is 55.1 Å². The van der Waals surface area contributed by atoms with Gasteiger partial charge in [0.25, 0.3) is 0 Å². The first kappa shape index (κ1) is 14.3. The van der Waals surface area contributed by atoms with Crippen molar-refractivity contribution < 1.29 is 4.42 Å². The maximum absolute atomic E-state index is 5.72. The molecule has 0 fully saturated rings. The minimum absolute atomic E-state index is 0.859. The Morgan fingerprint density at radius 1 is 0.519 bits per heavy atom. The lowest BCUT2D eigenvalue weighted by atomic mass is 10.3. The second kappa shape index (κ2) is 5.32. The van der Waals surface area contributed by atoms with E-state index in [-0.39, 0.29) is 0 Å². The molecule has 0 spiro atoms. The lowest BCUT2D eigenvalue weighted by Crippen LogP contribution is -2.11. The molecule has 0 saturated heterocycles. The molecule has 130 valence electrons. The Kier molecular flexibility index (Phi) is 2.82. The molecular formula is C22H16N4O. The number of nitrogens with one attached hydrogen (secondary N) is 4. The van der Waals surface area contributed by atoms with Crippen LogP contribution in [0.3, 0.4) is 0 Å². The van der Waals surface area contributed by atoms with E-state index in [2.05, 4.69) is 80.6 Å². The van der Waals surface area contributed by atoms with Gasteiger partial charge in [-0.1, -0.05) is 0 Å². The topological polar surface area (TPSA) is 76.3 Å². The molecule has 0 aliphatic carbocycles. The zero-order chi connectivity index (χ0) is 17.8. The highest BCUT2D eigenvalue weighted by atomic mass is 16.3. The zero-order valence-electron chi connectivity index (χ0n) is 14.3. The summed E-state index contributed by atoms with van der Waals surface area (Å²) in [6.07, 6.45) is 10.1. The highest BCUT2D eigenvalue weighted by Crippen LogP contribution is 2.09. The van der Waals surface area contributed by atoms with Gasteiger partial charge in [-0.15, -0.1) is 0 Å². The number of H-pyrrole nitrogens is 4. The molecule has 5 aromatic rings. The molecule has 4 N–H and O–H groups in total. The molecule has 5 aromatic heterocycles. The summed E-state index contributed by atoms with van der Waals surface area (Å²) >= 11 is 0. The monoisotopic (exact) mass is 352 g/mol. The molecule has 5 heteroatoms. The number of aromatic amines is 4. The fraction of sp³-hybridized carbons (Fsp3) is 0. The third-order valence-corrected chi connectivity index (χ3v) is 4.88. The molecule has 6 rings (SSSR count). The second-order valence-corrected chi connectivity index (χ2v) is 6.80.